The monoisotopic (exact) mass is 402 g/mol. The lowest BCUT2D eigenvalue weighted by Gasteiger charge is -2.13. The van der Waals surface area contributed by atoms with Gasteiger partial charge in [0.15, 0.2) is 11.5 Å². The molecule has 0 heterocycles. The zero-order valence-electron chi connectivity index (χ0n) is 16.6. The van der Waals surface area contributed by atoms with E-state index in [2.05, 4.69) is 10.6 Å². The van der Waals surface area contributed by atoms with Crippen molar-refractivity contribution in [3.05, 3.63) is 53.6 Å². The molecule has 0 aromatic heterocycles. The predicted octanol–water partition coefficient (Wildman–Crippen LogP) is 3.39. The van der Waals surface area contributed by atoms with E-state index < -0.39 is 0 Å². The predicted molar refractivity (Wildman–Crippen MR) is 113 cm³/mol. The minimum atomic E-state index is -0.344. The summed E-state index contributed by atoms with van der Waals surface area (Å²) in [5.74, 6) is 1.21. The Balaban J connectivity index is 1.77. The Hall–Kier alpha value is -2.67. The Labute approximate surface area is 170 Å². The maximum absolute atomic E-state index is 12.3. The maximum atomic E-state index is 12.3. The first-order chi connectivity index (χ1) is 13.4. The van der Waals surface area contributed by atoms with Gasteiger partial charge in [-0.05, 0) is 43.7 Å². The minimum absolute atomic E-state index is 0.122. The molecule has 0 spiro atoms. The third-order valence-electron chi connectivity index (χ3n) is 4.08. The van der Waals surface area contributed by atoms with E-state index in [-0.39, 0.29) is 22.8 Å². The fraction of sp³-hybridized carbons (Fsp3) is 0.333. The highest BCUT2D eigenvalue weighted by atomic mass is 32.2. The number of hydrogen-bond acceptors (Lipinski definition) is 5. The molecule has 0 saturated heterocycles. The molecule has 7 heteroatoms. The third-order valence-corrected chi connectivity index (χ3v) is 5.23. The van der Waals surface area contributed by atoms with Crippen LogP contribution in [0.5, 0.6) is 11.5 Å². The van der Waals surface area contributed by atoms with Crippen molar-refractivity contribution in [2.24, 2.45) is 0 Å². The Kier molecular flexibility index (Phi) is 8.19. The number of ether oxygens (including phenoxy) is 2. The molecule has 28 heavy (non-hydrogen) atoms. The van der Waals surface area contributed by atoms with Crippen LogP contribution < -0.4 is 20.1 Å². The van der Waals surface area contributed by atoms with E-state index >= 15 is 0 Å². The molecule has 2 amide bonds. The van der Waals surface area contributed by atoms with E-state index in [1.165, 1.54) is 11.8 Å². The van der Waals surface area contributed by atoms with Crippen LogP contribution in [-0.2, 0) is 16.1 Å². The second-order valence-corrected chi connectivity index (χ2v) is 7.60. The number of hydrogen-bond donors (Lipinski definition) is 2. The number of thioether (sulfide) groups is 1. The molecule has 1 atom stereocenters. The van der Waals surface area contributed by atoms with Crippen LogP contribution in [0.1, 0.15) is 18.1 Å². The Morgan fingerprint density at radius 2 is 1.71 bits per heavy atom. The third kappa shape index (κ3) is 6.49. The number of benzene rings is 2. The van der Waals surface area contributed by atoms with Gasteiger partial charge >= 0.3 is 0 Å². The highest BCUT2D eigenvalue weighted by molar-refractivity contribution is 8.01. The van der Waals surface area contributed by atoms with Gasteiger partial charge in [0.1, 0.15) is 0 Å². The van der Waals surface area contributed by atoms with Gasteiger partial charge in [-0.15, -0.1) is 11.8 Å². The second-order valence-electron chi connectivity index (χ2n) is 6.27. The minimum Gasteiger partial charge on any atom is -0.493 e. The summed E-state index contributed by atoms with van der Waals surface area (Å²) in [6, 6.07) is 13.1. The van der Waals surface area contributed by atoms with Gasteiger partial charge in [-0.3, -0.25) is 9.59 Å². The fourth-order valence-corrected chi connectivity index (χ4v) is 3.14. The molecular formula is C21H26N2O4S. The van der Waals surface area contributed by atoms with E-state index in [1.54, 1.807) is 27.2 Å². The molecule has 2 aromatic rings. The SMILES string of the molecule is COc1ccc(CNC(=O)[C@H](C)SCC(=O)Nc2ccc(C)cc2)cc1OC. The summed E-state index contributed by atoms with van der Waals surface area (Å²) < 4.78 is 10.5. The van der Waals surface area contributed by atoms with E-state index in [0.29, 0.717) is 18.0 Å². The van der Waals surface area contributed by atoms with Crippen molar-refractivity contribution in [2.75, 3.05) is 25.3 Å². The highest BCUT2D eigenvalue weighted by Gasteiger charge is 2.15. The number of carbonyl (C=O) groups excluding carboxylic acids is 2. The van der Waals surface area contributed by atoms with Gasteiger partial charge in [0.05, 0.1) is 25.2 Å². The van der Waals surface area contributed by atoms with Crippen LogP contribution in [0.2, 0.25) is 0 Å². The van der Waals surface area contributed by atoms with Gasteiger partial charge in [-0.2, -0.15) is 0 Å². The topological polar surface area (TPSA) is 76.7 Å². The standard InChI is InChI=1S/C21H26N2O4S/c1-14-5-8-17(9-6-14)23-20(24)13-28-15(2)21(25)22-12-16-7-10-18(26-3)19(11-16)27-4/h5-11,15H,12-13H2,1-4H3,(H,22,25)(H,23,24)/t15-/m0/s1. The van der Waals surface area contributed by atoms with Crippen molar-refractivity contribution < 1.29 is 19.1 Å². The maximum Gasteiger partial charge on any atom is 0.234 e. The van der Waals surface area contributed by atoms with Crippen LogP contribution in [0.15, 0.2) is 42.5 Å². The average molecular weight is 403 g/mol. The normalized spacial score (nSPS) is 11.4. The smallest absolute Gasteiger partial charge is 0.234 e. The zero-order valence-corrected chi connectivity index (χ0v) is 17.4. The Morgan fingerprint density at radius 3 is 2.36 bits per heavy atom. The highest BCUT2D eigenvalue weighted by Crippen LogP contribution is 2.27. The molecule has 6 nitrogen and oxygen atoms in total. The lowest BCUT2D eigenvalue weighted by atomic mass is 10.2. The molecule has 150 valence electrons. The molecule has 2 rings (SSSR count). The molecule has 0 saturated carbocycles. The number of methoxy groups -OCH3 is 2. The van der Waals surface area contributed by atoms with Crippen molar-refractivity contribution in [1.82, 2.24) is 5.32 Å². The van der Waals surface area contributed by atoms with Gasteiger partial charge < -0.3 is 20.1 Å². The summed E-state index contributed by atoms with van der Waals surface area (Å²) in [5, 5.41) is 5.36. The number of nitrogens with one attached hydrogen (secondary N) is 2. The number of rotatable bonds is 9. The fourth-order valence-electron chi connectivity index (χ4n) is 2.43. The Bertz CT molecular complexity index is 809. The first kappa shape index (κ1) is 21.6. The molecular weight excluding hydrogens is 376 g/mol. The van der Waals surface area contributed by atoms with Gasteiger partial charge in [0.25, 0.3) is 0 Å². The largest absolute Gasteiger partial charge is 0.493 e. The number of carbonyl (C=O) groups is 2. The number of anilines is 1. The first-order valence-corrected chi connectivity index (χ1v) is 9.94. The van der Waals surface area contributed by atoms with Crippen LogP contribution in [0.4, 0.5) is 5.69 Å². The second kappa shape index (κ2) is 10.6. The Morgan fingerprint density at radius 1 is 1.04 bits per heavy atom. The van der Waals surface area contributed by atoms with Gasteiger partial charge in [0, 0.05) is 12.2 Å². The summed E-state index contributed by atoms with van der Waals surface area (Å²) in [5.41, 5.74) is 2.79. The van der Waals surface area contributed by atoms with Crippen LogP contribution in [0, 0.1) is 6.92 Å². The number of aryl methyl sites for hydroxylation is 1. The van der Waals surface area contributed by atoms with Crippen molar-refractivity contribution in [3.8, 4) is 11.5 Å². The molecule has 0 aliphatic rings. The van der Waals surface area contributed by atoms with Crippen molar-refractivity contribution >= 4 is 29.3 Å². The number of amides is 2. The van der Waals surface area contributed by atoms with Crippen LogP contribution >= 0.6 is 11.8 Å². The summed E-state index contributed by atoms with van der Waals surface area (Å²) in [7, 11) is 3.15. The molecule has 0 unspecified atom stereocenters. The molecule has 0 aliphatic carbocycles. The molecule has 2 aromatic carbocycles. The van der Waals surface area contributed by atoms with E-state index in [9.17, 15) is 9.59 Å². The quantitative estimate of drug-likeness (QED) is 0.672. The summed E-state index contributed by atoms with van der Waals surface area (Å²) in [6.45, 7) is 4.15. The summed E-state index contributed by atoms with van der Waals surface area (Å²) in [6.07, 6.45) is 0. The van der Waals surface area contributed by atoms with Gasteiger partial charge in [0.2, 0.25) is 11.8 Å². The first-order valence-electron chi connectivity index (χ1n) is 8.89. The van der Waals surface area contributed by atoms with Gasteiger partial charge in [-0.1, -0.05) is 23.8 Å². The molecule has 0 bridgehead atoms. The lowest BCUT2D eigenvalue weighted by Crippen LogP contribution is -2.31. The van der Waals surface area contributed by atoms with Crippen LogP contribution in [0.3, 0.4) is 0 Å². The summed E-state index contributed by atoms with van der Waals surface area (Å²) in [4.78, 5) is 24.3. The van der Waals surface area contributed by atoms with E-state index in [4.69, 9.17) is 9.47 Å². The zero-order chi connectivity index (χ0) is 20.5. The molecule has 0 fully saturated rings. The average Bonchev–Trinajstić information content (AvgIpc) is 2.71. The summed E-state index contributed by atoms with van der Waals surface area (Å²) >= 11 is 1.30. The van der Waals surface area contributed by atoms with E-state index in [0.717, 1.165) is 16.8 Å². The van der Waals surface area contributed by atoms with Crippen molar-refractivity contribution in [3.63, 3.8) is 0 Å². The lowest BCUT2D eigenvalue weighted by molar-refractivity contribution is -0.120. The van der Waals surface area contributed by atoms with Crippen molar-refractivity contribution in [2.45, 2.75) is 25.6 Å². The molecule has 0 radical (unpaired) electrons. The van der Waals surface area contributed by atoms with Crippen LogP contribution in [-0.4, -0.2) is 37.0 Å². The van der Waals surface area contributed by atoms with E-state index in [1.807, 2.05) is 43.3 Å². The molecule has 2 N–H and O–H groups in total. The van der Waals surface area contributed by atoms with Gasteiger partial charge in [-0.25, -0.2) is 0 Å². The van der Waals surface area contributed by atoms with Crippen LogP contribution in [0.25, 0.3) is 0 Å². The van der Waals surface area contributed by atoms with Crippen molar-refractivity contribution in [1.29, 1.82) is 0 Å². The molecule has 0 aliphatic heterocycles.